The zero-order valence-corrected chi connectivity index (χ0v) is 31.3. The Bertz CT molecular complexity index is 3560. The number of rotatable bonds is 5. The van der Waals surface area contributed by atoms with Crippen molar-refractivity contribution in [3.8, 4) is 50.3 Å². The Balaban J connectivity index is 1.02. The van der Waals surface area contributed by atoms with Crippen LogP contribution in [-0.4, -0.2) is 14.5 Å². The minimum Gasteiger partial charge on any atom is -0.456 e. The van der Waals surface area contributed by atoms with Gasteiger partial charge in [0.2, 0.25) is 0 Å². The molecule has 0 aliphatic heterocycles. The van der Waals surface area contributed by atoms with Crippen LogP contribution in [-0.2, 0) is 0 Å². The zero-order valence-electron chi connectivity index (χ0n) is 31.3. The first kappa shape index (κ1) is 32.4. The van der Waals surface area contributed by atoms with E-state index in [0.717, 1.165) is 83.2 Å². The van der Waals surface area contributed by atoms with Gasteiger partial charge in [0.05, 0.1) is 22.2 Å². The molecule has 0 saturated heterocycles. The highest BCUT2D eigenvalue weighted by molar-refractivity contribution is 6.22. The molecule has 0 saturated carbocycles. The highest BCUT2D eigenvalue weighted by Gasteiger charge is 2.18. The van der Waals surface area contributed by atoms with Crippen LogP contribution >= 0.6 is 0 Å². The van der Waals surface area contributed by atoms with Crippen LogP contribution < -0.4 is 0 Å². The van der Waals surface area contributed by atoms with Crippen LogP contribution in [0.15, 0.2) is 205 Å². The molecule has 4 heteroatoms. The maximum absolute atomic E-state index is 6.54. The van der Waals surface area contributed by atoms with Crippen LogP contribution in [0, 0.1) is 0 Å². The summed E-state index contributed by atoms with van der Waals surface area (Å²) in [7, 11) is 0. The molecule has 0 fully saturated rings. The quantitative estimate of drug-likeness (QED) is 0.177. The Morgan fingerprint density at radius 1 is 0.414 bits per heavy atom. The van der Waals surface area contributed by atoms with Gasteiger partial charge in [-0.1, -0.05) is 121 Å². The fraction of sp³-hybridized carbons (Fsp3) is 0. The topological polar surface area (TPSA) is 43.9 Å². The zero-order chi connectivity index (χ0) is 38.2. The molecule has 0 N–H and O–H groups in total. The second kappa shape index (κ2) is 12.9. The van der Waals surface area contributed by atoms with E-state index >= 15 is 0 Å². The molecule has 0 spiro atoms. The maximum atomic E-state index is 6.54. The Labute approximate surface area is 333 Å². The van der Waals surface area contributed by atoms with Crippen molar-refractivity contribution in [2.45, 2.75) is 0 Å². The third-order valence-electron chi connectivity index (χ3n) is 11.7. The molecule has 4 nitrogen and oxygen atoms in total. The summed E-state index contributed by atoms with van der Waals surface area (Å²) < 4.78 is 8.93. The Hall–Kier alpha value is -7.82. The minimum atomic E-state index is 0.866. The van der Waals surface area contributed by atoms with Gasteiger partial charge in [-0.2, -0.15) is 0 Å². The van der Waals surface area contributed by atoms with Gasteiger partial charge in [-0.3, -0.25) is 4.98 Å². The Morgan fingerprint density at radius 3 is 2.05 bits per heavy atom. The molecule has 12 rings (SSSR count). The summed E-state index contributed by atoms with van der Waals surface area (Å²) >= 11 is 0. The van der Waals surface area contributed by atoms with E-state index < -0.39 is 0 Å². The second-order valence-corrected chi connectivity index (χ2v) is 15.0. The van der Waals surface area contributed by atoms with Crippen LogP contribution in [0.1, 0.15) is 0 Å². The van der Waals surface area contributed by atoms with Gasteiger partial charge < -0.3 is 8.98 Å². The molecule has 270 valence electrons. The van der Waals surface area contributed by atoms with Crippen molar-refractivity contribution in [2.24, 2.45) is 0 Å². The SMILES string of the molecule is c1ccc(-c2cc(-c3cccc(-c4cccc5oc6ccc(-c7ccc8c(c7)c7c9ccccc9ccc7n8-c7ccccc7)cc6c45)c3)nc3ccncc23)cc1. The van der Waals surface area contributed by atoms with E-state index in [1.807, 2.05) is 24.5 Å². The van der Waals surface area contributed by atoms with Gasteiger partial charge in [0, 0.05) is 50.6 Å². The van der Waals surface area contributed by atoms with Gasteiger partial charge >= 0.3 is 0 Å². The molecule has 0 aliphatic rings. The van der Waals surface area contributed by atoms with Gasteiger partial charge in [0.25, 0.3) is 0 Å². The summed E-state index contributed by atoms with van der Waals surface area (Å²) in [6, 6.07) is 67.1. The fourth-order valence-corrected chi connectivity index (χ4v) is 8.99. The first-order chi connectivity index (χ1) is 28.7. The number of hydrogen-bond acceptors (Lipinski definition) is 3. The third kappa shape index (κ3) is 5.09. The van der Waals surface area contributed by atoms with Crippen molar-refractivity contribution in [1.29, 1.82) is 0 Å². The predicted octanol–water partition coefficient (Wildman–Crippen LogP) is 14.4. The molecule has 0 radical (unpaired) electrons. The van der Waals surface area contributed by atoms with Crippen molar-refractivity contribution in [1.82, 2.24) is 14.5 Å². The molecule has 4 aromatic heterocycles. The molecular weight excluding hydrogens is 707 g/mol. The minimum absolute atomic E-state index is 0.866. The largest absolute Gasteiger partial charge is 0.456 e. The Morgan fingerprint density at radius 2 is 1.16 bits per heavy atom. The smallest absolute Gasteiger partial charge is 0.136 e. The standard InChI is InChI=1S/C54H33N3O/c1-3-11-34(12-4-1)43-32-48(56-47-27-28-55-33-46(43)47)39-15-9-14-38(29-39)42-19-10-20-52-54(42)45-31-37(23-26-51(45)58-52)36-22-24-49-44(30-36)53-41-18-8-7-13-35(41)21-25-50(53)57(49)40-16-5-2-6-17-40/h1-33H. The summed E-state index contributed by atoms with van der Waals surface area (Å²) in [5.41, 5.74) is 15.0. The number of aromatic nitrogens is 3. The molecule has 0 unspecified atom stereocenters. The van der Waals surface area contributed by atoms with E-state index in [-0.39, 0.29) is 0 Å². The Kier molecular flexibility index (Phi) is 7.20. The highest BCUT2D eigenvalue weighted by Crippen LogP contribution is 2.42. The van der Waals surface area contributed by atoms with E-state index in [4.69, 9.17) is 9.40 Å². The molecule has 0 bridgehead atoms. The summed E-state index contributed by atoms with van der Waals surface area (Å²) in [5, 5.41) is 8.22. The number of para-hydroxylation sites is 1. The number of furan rings is 1. The first-order valence-corrected chi connectivity index (χ1v) is 19.6. The lowest BCUT2D eigenvalue weighted by Gasteiger charge is -2.11. The number of hydrogen-bond donors (Lipinski definition) is 0. The lowest BCUT2D eigenvalue weighted by Crippen LogP contribution is -1.93. The van der Waals surface area contributed by atoms with E-state index in [0.29, 0.717) is 0 Å². The van der Waals surface area contributed by atoms with Crippen LogP contribution in [0.4, 0.5) is 0 Å². The number of benzene rings is 8. The molecule has 12 aromatic rings. The van der Waals surface area contributed by atoms with Gasteiger partial charge in [0.15, 0.2) is 0 Å². The van der Waals surface area contributed by atoms with E-state index in [9.17, 15) is 0 Å². The lowest BCUT2D eigenvalue weighted by atomic mass is 9.94. The predicted molar refractivity (Wildman–Crippen MR) is 240 cm³/mol. The van der Waals surface area contributed by atoms with Crippen molar-refractivity contribution >= 4 is 65.4 Å². The van der Waals surface area contributed by atoms with Crippen LogP contribution in [0.3, 0.4) is 0 Å². The van der Waals surface area contributed by atoms with Crippen molar-refractivity contribution in [3.05, 3.63) is 200 Å². The summed E-state index contributed by atoms with van der Waals surface area (Å²) in [5.74, 6) is 0. The van der Waals surface area contributed by atoms with Crippen LogP contribution in [0.2, 0.25) is 0 Å². The number of fused-ring (bicyclic) bond motifs is 9. The van der Waals surface area contributed by atoms with Crippen LogP contribution in [0.5, 0.6) is 0 Å². The van der Waals surface area contributed by atoms with Gasteiger partial charge in [-0.15, -0.1) is 0 Å². The summed E-state index contributed by atoms with van der Waals surface area (Å²) in [6.45, 7) is 0. The van der Waals surface area contributed by atoms with E-state index in [1.54, 1.807) is 0 Å². The fourth-order valence-electron chi connectivity index (χ4n) is 8.99. The average molecular weight is 740 g/mol. The molecule has 8 aromatic carbocycles. The third-order valence-corrected chi connectivity index (χ3v) is 11.7. The number of nitrogens with zero attached hydrogens (tertiary/aromatic N) is 3. The molecule has 0 aliphatic carbocycles. The van der Waals surface area contributed by atoms with Crippen molar-refractivity contribution in [3.63, 3.8) is 0 Å². The number of pyridine rings is 2. The van der Waals surface area contributed by atoms with Gasteiger partial charge in [0.1, 0.15) is 11.2 Å². The molecule has 4 heterocycles. The van der Waals surface area contributed by atoms with Crippen molar-refractivity contribution in [2.75, 3.05) is 0 Å². The van der Waals surface area contributed by atoms with Crippen LogP contribution in [0.25, 0.3) is 116 Å². The molecular formula is C54H33N3O. The van der Waals surface area contributed by atoms with Gasteiger partial charge in [-0.25, -0.2) is 4.98 Å². The van der Waals surface area contributed by atoms with E-state index in [1.165, 1.54) is 32.6 Å². The highest BCUT2D eigenvalue weighted by atomic mass is 16.3. The molecule has 0 amide bonds. The van der Waals surface area contributed by atoms with E-state index in [2.05, 4.69) is 185 Å². The normalized spacial score (nSPS) is 11.8. The molecule has 58 heavy (non-hydrogen) atoms. The van der Waals surface area contributed by atoms with Crippen molar-refractivity contribution < 1.29 is 4.42 Å². The monoisotopic (exact) mass is 739 g/mol. The second-order valence-electron chi connectivity index (χ2n) is 15.0. The summed E-state index contributed by atoms with van der Waals surface area (Å²) in [4.78, 5) is 9.56. The average Bonchev–Trinajstić information content (AvgIpc) is 3.84. The maximum Gasteiger partial charge on any atom is 0.136 e. The first-order valence-electron chi connectivity index (χ1n) is 19.6. The summed E-state index contributed by atoms with van der Waals surface area (Å²) in [6.07, 6.45) is 3.72. The lowest BCUT2D eigenvalue weighted by molar-refractivity contribution is 0.669. The van der Waals surface area contributed by atoms with Gasteiger partial charge in [-0.05, 0) is 111 Å². The molecule has 0 atom stereocenters.